The van der Waals surface area contributed by atoms with Crippen molar-refractivity contribution < 1.29 is 14.2 Å². The Hall–Kier alpha value is -0.160. The Labute approximate surface area is 116 Å². The van der Waals surface area contributed by atoms with E-state index in [4.69, 9.17) is 14.2 Å². The first-order valence-electron chi connectivity index (χ1n) is 7.76. The van der Waals surface area contributed by atoms with Gasteiger partial charge in [-0.15, -0.1) is 0 Å². The van der Waals surface area contributed by atoms with Crippen molar-refractivity contribution in [3.63, 3.8) is 0 Å². The second kappa shape index (κ2) is 6.08. The number of rotatable bonds is 4. The van der Waals surface area contributed by atoms with Gasteiger partial charge in [0.2, 0.25) is 0 Å². The van der Waals surface area contributed by atoms with Crippen LogP contribution in [0, 0.1) is 5.92 Å². The van der Waals surface area contributed by atoms with Gasteiger partial charge in [0.25, 0.3) is 0 Å². The van der Waals surface area contributed by atoms with Crippen LogP contribution in [0.25, 0.3) is 0 Å². The van der Waals surface area contributed by atoms with Gasteiger partial charge in [0, 0.05) is 52.7 Å². The van der Waals surface area contributed by atoms with Crippen LogP contribution >= 0.6 is 0 Å². The van der Waals surface area contributed by atoms with Crippen molar-refractivity contribution in [1.82, 2.24) is 4.90 Å². The number of nitrogens with zero attached hydrogens (tertiary/aromatic N) is 1. The third-order valence-electron chi connectivity index (χ3n) is 5.01. The highest BCUT2D eigenvalue weighted by atomic mass is 16.5. The first kappa shape index (κ1) is 13.8. The van der Waals surface area contributed by atoms with Gasteiger partial charge in [-0.1, -0.05) is 0 Å². The molecule has 0 radical (unpaired) electrons. The van der Waals surface area contributed by atoms with E-state index in [1.54, 1.807) is 7.11 Å². The average molecular weight is 269 g/mol. The van der Waals surface area contributed by atoms with Crippen LogP contribution in [0.5, 0.6) is 0 Å². The fraction of sp³-hybridized carbons (Fsp3) is 1.00. The third-order valence-corrected chi connectivity index (χ3v) is 5.01. The van der Waals surface area contributed by atoms with E-state index >= 15 is 0 Å². The second-order valence-corrected chi connectivity index (χ2v) is 6.42. The Morgan fingerprint density at radius 3 is 2.68 bits per heavy atom. The minimum absolute atomic E-state index is 0.176. The zero-order valence-electron chi connectivity index (χ0n) is 12.1. The molecule has 0 aromatic heterocycles. The lowest BCUT2D eigenvalue weighted by atomic mass is 9.78. The number of hydrogen-bond acceptors (Lipinski definition) is 4. The molecule has 1 spiro atoms. The maximum Gasteiger partial charge on any atom is 0.0937 e. The molecule has 3 rings (SSSR count). The fourth-order valence-electron chi connectivity index (χ4n) is 3.88. The lowest BCUT2D eigenvalue weighted by Crippen LogP contribution is -2.68. The van der Waals surface area contributed by atoms with Gasteiger partial charge >= 0.3 is 0 Å². The van der Waals surface area contributed by atoms with E-state index in [1.807, 2.05) is 0 Å². The van der Waals surface area contributed by atoms with Crippen molar-refractivity contribution >= 4 is 0 Å². The molecule has 110 valence electrons. The first-order chi connectivity index (χ1) is 9.31. The number of likely N-dealkylation sites (tertiary alicyclic amines) is 1. The van der Waals surface area contributed by atoms with Crippen molar-refractivity contribution in [2.45, 2.75) is 43.7 Å². The number of ether oxygens (including phenoxy) is 3. The summed E-state index contributed by atoms with van der Waals surface area (Å²) >= 11 is 0. The summed E-state index contributed by atoms with van der Waals surface area (Å²) in [6.45, 7) is 5.99. The van der Waals surface area contributed by atoms with Gasteiger partial charge in [0.15, 0.2) is 0 Å². The van der Waals surface area contributed by atoms with Gasteiger partial charge in [0.1, 0.15) is 0 Å². The second-order valence-electron chi connectivity index (χ2n) is 6.42. The minimum atomic E-state index is 0.176. The summed E-state index contributed by atoms with van der Waals surface area (Å²) in [5.41, 5.74) is 0.176. The molecule has 3 fully saturated rings. The monoisotopic (exact) mass is 269 g/mol. The number of hydrogen-bond donors (Lipinski definition) is 0. The topological polar surface area (TPSA) is 30.9 Å². The van der Waals surface area contributed by atoms with Crippen molar-refractivity contribution in [1.29, 1.82) is 0 Å². The van der Waals surface area contributed by atoms with Crippen LogP contribution in [0.4, 0.5) is 0 Å². The SMILES string of the molecule is COCC[C@@H]1CCOC2(C1)CN(C1CCOCC1)C2. The third kappa shape index (κ3) is 3.13. The highest BCUT2D eigenvalue weighted by Crippen LogP contribution is 2.39. The van der Waals surface area contributed by atoms with Gasteiger partial charge < -0.3 is 14.2 Å². The van der Waals surface area contributed by atoms with Crippen LogP contribution in [0.3, 0.4) is 0 Å². The van der Waals surface area contributed by atoms with Crippen molar-refractivity contribution in [2.24, 2.45) is 5.92 Å². The fourth-order valence-corrected chi connectivity index (χ4v) is 3.88. The van der Waals surface area contributed by atoms with Crippen LogP contribution in [-0.4, -0.2) is 63.2 Å². The molecule has 3 heterocycles. The molecular formula is C15H27NO3. The molecule has 0 bridgehead atoms. The van der Waals surface area contributed by atoms with E-state index in [1.165, 1.54) is 32.1 Å². The average Bonchev–Trinajstić information content (AvgIpc) is 2.44. The van der Waals surface area contributed by atoms with E-state index in [-0.39, 0.29) is 5.60 Å². The molecule has 0 unspecified atom stereocenters. The summed E-state index contributed by atoms with van der Waals surface area (Å²) in [7, 11) is 1.80. The molecule has 0 aromatic rings. The van der Waals surface area contributed by atoms with E-state index in [0.717, 1.165) is 51.5 Å². The van der Waals surface area contributed by atoms with E-state index in [0.29, 0.717) is 0 Å². The van der Waals surface area contributed by atoms with Crippen LogP contribution in [-0.2, 0) is 14.2 Å². The molecule has 0 amide bonds. The van der Waals surface area contributed by atoms with E-state index in [2.05, 4.69) is 4.90 Å². The Morgan fingerprint density at radius 1 is 1.16 bits per heavy atom. The molecule has 0 N–H and O–H groups in total. The first-order valence-corrected chi connectivity index (χ1v) is 7.76. The van der Waals surface area contributed by atoms with Crippen LogP contribution in [0.2, 0.25) is 0 Å². The van der Waals surface area contributed by atoms with Crippen molar-refractivity contribution in [3.8, 4) is 0 Å². The van der Waals surface area contributed by atoms with Gasteiger partial charge in [-0.2, -0.15) is 0 Å². The van der Waals surface area contributed by atoms with Gasteiger partial charge in [-0.3, -0.25) is 4.90 Å². The summed E-state index contributed by atoms with van der Waals surface area (Å²) < 4.78 is 16.8. The summed E-state index contributed by atoms with van der Waals surface area (Å²) in [6, 6.07) is 0.738. The molecule has 3 aliphatic heterocycles. The number of methoxy groups -OCH3 is 1. The van der Waals surface area contributed by atoms with Gasteiger partial charge in [-0.05, 0) is 38.0 Å². The normalized spacial score (nSPS) is 32.4. The zero-order chi connectivity index (χ0) is 13.1. The summed E-state index contributed by atoms with van der Waals surface area (Å²) in [4.78, 5) is 2.61. The van der Waals surface area contributed by atoms with Crippen molar-refractivity contribution in [2.75, 3.05) is 46.6 Å². The van der Waals surface area contributed by atoms with E-state index < -0.39 is 0 Å². The molecule has 0 aromatic carbocycles. The maximum atomic E-state index is 6.12. The van der Waals surface area contributed by atoms with Crippen molar-refractivity contribution in [3.05, 3.63) is 0 Å². The Balaban J connectivity index is 1.47. The predicted molar refractivity (Wildman–Crippen MR) is 73.3 cm³/mol. The highest BCUT2D eigenvalue weighted by Gasteiger charge is 2.49. The Kier molecular flexibility index (Phi) is 4.42. The molecule has 3 saturated heterocycles. The zero-order valence-corrected chi connectivity index (χ0v) is 12.1. The van der Waals surface area contributed by atoms with E-state index in [9.17, 15) is 0 Å². The minimum Gasteiger partial charge on any atom is -0.385 e. The van der Waals surface area contributed by atoms with Crippen LogP contribution in [0.15, 0.2) is 0 Å². The lowest BCUT2D eigenvalue weighted by Gasteiger charge is -2.56. The molecule has 0 saturated carbocycles. The van der Waals surface area contributed by atoms with Gasteiger partial charge in [0.05, 0.1) is 5.60 Å². The lowest BCUT2D eigenvalue weighted by molar-refractivity contribution is -0.195. The largest absolute Gasteiger partial charge is 0.385 e. The standard InChI is InChI=1S/C15H27NO3/c1-17-6-2-13-3-9-19-15(10-13)11-16(12-15)14-4-7-18-8-5-14/h13-14H,2-12H2,1H3/t13-/m1/s1. The maximum absolute atomic E-state index is 6.12. The molecule has 4 heteroatoms. The molecule has 0 aliphatic carbocycles. The molecule has 3 aliphatic rings. The molecule has 1 atom stereocenters. The quantitative estimate of drug-likeness (QED) is 0.777. The van der Waals surface area contributed by atoms with Crippen LogP contribution in [0.1, 0.15) is 32.1 Å². The van der Waals surface area contributed by atoms with Crippen LogP contribution < -0.4 is 0 Å². The Morgan fingerprint density at radius 2 is 1.95 bits per heavy atom. The molecular weight excluding hydrogens is 242 g/mol. The van der Waals surface area contributed by atoms with Gasteiger partial charge in [-0.25, -0.2) is 0 Å². The highest BCUT2D eigenvalue weighted by molar-refractivity contribution is 5.02. The summed E-state index contributed by atoms with van der Waals surface area (Å²) in [6.07, 6.45) is 6.03. The Bertz CT molecular complexity index is 285. The molecule has 4 nitrogen and oxygen atoms in total. The molecule has 19 heavy (non-hydrogen) atoms. The summed E-state index contributed by atoms with van der Waals surface area (Å²) in [5, 5.41) is 0. The summed E-state index contributed by atoms with van der Waals surface area (Å²) in [5.74, 6) is 0.797. The smallest absolute Gasteiger partial charge is 0.0937 e. The predicted octanol–water partition coefficient (Wildman–Crippen LogP) is 1.68.